The minimum atomic E-state index is -1.17. The summed E-state index contributed by atoms with van der Waals surface area (Å²) in [6, 6.07) is -3.90. The summed E-state index contributed by atoms with van der Waals surface area (Å²) < 4.78 is 0. The first kappa shape index (κ1) is 31.0. The van der Waals surface area contributed by atoms with E-state index in [4.69, 9.17) is 11.5 Å². The average molecular weight is 510 g/mol. The number of carbonyl (C=O) groups excluding carboxylic acids is 3. The van der Waals surface area contributed by atoms with Gasteiger partial charge in [-0.25, -0.2) is 9.78 Å². The van der Waals surface area contributed by atoms with Gasteiger partial charge in [-0.3, -0.25) is 14.4 Å². The molecule has 12 heteroatoms. The van der Waals surface area contributed by atoms with Crippen LogP contribution in [0.2, 0.25) is 0 Å². The maximum absolute atomic E-state index is 13.2. The zero-order chi connectivity index (χ0) is 27.3. The Morgan fingerprint density at radius 3 is 2.14 bits per heavy atom. The molecule has 5 atom stereocenters. The summed E-state index contributed by atoms with van der Waals surface area (Å²) in [7, 11) is 0. The number of carboxylic acid groups (broad SMARTS) is 1. The maximum Gasteiger partial charge on any atom is 0.326 e. The van der Waals surface area contributed by atoms with E-state index in [0.29, 0.717) is 37.9 Å². The molecule has 0 aliphatic heterocycles. The molecule has 0 saturated carbocycles. The number of carbonyl (C=O) groups is 4. The fraction of sp³-hybridized carbons (Fsp3) is 0.708. The topological polar surface area (TPSA) is 205 Å². The van der Waals surface area contributed by atoms with E-state index < -0.39 is 47.9 Å². The van der Waals surface area contributed by atoms with Gasteiger partial charge in [-0.1, -0.05) is 34.1 Å². The van der Waals surface area contributed by atoms with Gasteiger partial charge in [0.15, 0.2) is 0 Å². The maximum atomic E-state index is 13.2. The SMILES string of the molecule is CCC(C)C(N)C(=O)NC(CC(C)C)C(=O)NC(Cc1cnc[nH]1)C(=O)NC(CCCCN)C(=O)O. The molecule has 3 amide bonds. The molecule has 0 saturated heterocycles. The first-order chi connectivity index (χ1) is 17.0. The molecule has 0 aliphatic rings. The Morgan fingerprint density at radius 1 is 1.00 bits per heavy atom. The number of aliphatic carboxylic acids is 1. The normalized spacial score (nSPS) is 15.4. The predicted octanol–water partition coefficient (Wildman–Crippen LogP) is 0.0397. The van der Waals surface area contributed by atoms with Crippen LogP contribution in [0, 0.1) is 11.8 Å². The molecule has 0 fully saturated rings. The molecule has 1 aromatic rings. The number of imidazole rings is 1. The molecule has 9 N–H and O–H groups in total. The fourth-order valence-corrected chi connectivity index (χ4v) is 3.60. The molecule has 0 spiro atoms. The van der Waals surface area contributed by atoms with Crippen LogP contribution in [0.5, 0.6) is 0 Å². The lowest BCUT2D eigenvalue weighted by Crippen LogP contribution is -2.58. The molecular weight excluding hydrogens is 466 g/mol. The number of nitrogens with two attached hydrogens (primary N) is 2. The molecule has 36 heavy (non-hydrogen) atoms. The number of nitrogens with one attached hydrogen (secondary N) is 4. The number of amides is 3. The Bertz CT molecular complexity index is 831. The van der Waals surface area contributed by atoms with E-state index >= 15 is 0 Å². The van der Waals surface area contributed by atoms with Crippen molar-refractivity contribution in [1.82, 2.24) is 25.9 Å². The van der Waals surface area contributed by atoms with Gasteiger partial charge in [0.05, 0.1) is 12.4 Å². The van der Waals surface area contributed by atoms with Crippen LogP contribution in [0.4, 0.5) is 0 Å². The van der Waals surface area contributed by atoms with E-state index in [-0.39, 0.29) is 24.7 Å². The van der Waals surface area contributed by atoms with Crippen molar-refractivity contribution < 1.29 is 24.3 Å². The van der Waals surface area contributed by atoms with Gasteiger partial charge in [-0.15, -0.1) is 0 Å². The highest BCUT2D eigenvalue weighted by molar-refractivity contribution is 5.94. The van der Waals surface area contributed by atoms with E-state index in [9.17, 15) is 24.3 Å². The first-order valence-electron chi connectivity index (χ1n) is 12.6. The number of H-pyrrole nitrogens is 1. The van der Waals surface area contributed by atoms with Gasteiger partial charge >= 0.3 is 5.97 Å². The van der Waals surface area contributed by atoms with Crippen molar-refractivity contribution in [2.45, 2.75) is 90.4 Å². The van der Waals surface area contributed by atoms with Crippen molar-refractivity contribution in [2.75, 3.05) is 6.54 Å². The van der Waals surface area contributed by atoms with Crippen molar-refractivity contribution in [1.29, 1.82) is 0 Å². The Kier molecular flexibility index (Phi) is 13.7. The number of nitrogens with zero attached hydrogens (tertiary/aromatic N) is 1. The minimum Gasteiger partial charge on any atom is -0.480 e. The van der Waals surface area contributed by atoms with E-state index in [1.165, 1.54) is 12.5 Å². The Morgan fingerprint density at radius 2 is 1.61 bits per heavy atom. The lowest BCUT2D eigenvalue weighted by molar-refractivity contribution is -0.142. The molecular formula is C24H43N7O5. The van der Waals surface area contributed by atoms with Crippen molar-refractivity contribution in [3.8, 4) is 0 Å². The molecule has 1 rings (SSSR count). The van der Waals surface area contributed by atoms with Crippen LogP contribution in [-0.4, -0.2) is 69.5 Å². The van der Waals surface area contributed by atoms with Crippen LogP contribution < -0.4 is 27.4 Å². The summed E-state index contributed by atoms with van der Waals surface area (Å²) in [5, 5.41) is 17.5. The number of hydrogen-bond acceptors (Lipinski definition) is 7. The predicted molar refractivity (Wildman–Crippen MR) is 136 cm³/mol. The number of aromatic nitrogens is 2. The summed E-state index contributed by atoms with van der Waals surface area (Å²) in [5.41, 5.74) is 12.1. The number of carboxylic acids is 1. The van der Waals surface area contributed by atoms with Gasteiger partial charge in [0.1, 0.15) is 18.1 Å². The number of hydrogen-bond donors (Lipinski definition) is 7. The van der Waals surface area contributed by atoms with Gasteiger partial charge in [0.2, 0.25) is 17.7 Å². The second-order valence-electron chi connectivity index (χ2n) is 9.63. The zero-order valence-corrected chi connectivity index (χ0v) is 21.8. The highest BCUT2D eigenvalue weighted by Crippen LogP contribution is 2.10. The number of rotatable bonds is 17. The highest BCUT2D eigenvalue weighted by atomic mass is 16.4. The van der Waals surface area contributed by atoms with Crippen molar-refractivity contribution >= 4 is 23.7 Å². The summed E-state index contributed by atoms with van der Waals surface area (Å²) in [4.78, 5) is 57.5. The van der Waals surface area contributed by atoms with Crippen molar-refractivity contribution in [3.05, 3.63) is 18.2 Å². The smallest absolute Gasteiger partial charge is 0.326 e. The molecule has 1 heterocycles. The second kappa shape index (κ2) is 15.9. The van der Waals surface area contributed by atoms with Gasteiger partial charge in [-0.2, -0.15) is 0 Å². The first-order valence-corrected chi connectivity index (χ1v) is 12.6. The molecule has 0 aliphatic carbocycles. The van der Waals surface area contributed by atoms with Gasteiger partial charge in [0, 0.05) is 18.3 Å². The molecule has 0 radical (unpaired) electrons. The average Bonchev–Trinajstić information content (AvgIpc) is 3.34. The third kappa shape index (κ3) is 10.7. The van der Waals surface area contributed by atoms with Crippen molar-refractivity contribution in [2.24, 2.45) is 23.3 Å². The summed E-state index contributed by atoms with van der Waals surface area (Å²) in [6.45, 7) is 8.03. The summed E-state index contributed by atoms with van der Waals surface area (Å²) >= 11 is 0. The molecule has 12 nitrogen and oxygen atoms in total. The summed E-state index contributed by atoms with van der Waals surface area (Å²) in [5.74, 6) is -2.81. The third-order valence-electron chi connectivity index (χ3n) is 6.07. The van der Waals surface area contributed by atoms with Gasteiger partial charge < -0.3 is 37.5 Å². The lowest BCUT2D eigenvalue weighted by atomic mass is 9.97. The quantitative estimate of drug-likeness (QED) is 0.142. The third-order valence-corrected chi connectivity index (χ3v) is 6.07. The Labute approximate surface area is 212 Å². The Balaban J connectivity index is 3.05. The number of aromatic amines is 1. The van der Waals surface area contributed by atoms with E-state index in [0.717, 1.165) is 0 Å². The largest absolute Gasteiger partial charge is 0.480 e. The molecule has 5 unspecified atom stereocenters. The van der Waals surface area contributed by atoms with E-state index in [1.54, 1.807) is 0 Å². The van der Waals surface area contributed by atoms with E-state index in [2.05, 4.69) is 25.9 Å². The lowest BCUT2D eigenvalue weighted by Gasteiger charge is -2.26. The van der Waals surface area contributed by atoms with Gasteiger partial charge in [-0.05, 0) is 44.1 Å². The minimum absolute atomic E-state index is 0.0570. The van der Waals surface area contributed by atoms with E-state index in [1.807, 2.05) is 27.7 Å². The second-order valence-corrected chi connectivity index (χ2v) is 9.63. The van der Waals surface area contributed by atoms with Crippen LogP contribution in [0.3, 0.4) is 0 Å². The molecule has 1 aromatic heterocycles. The van der Waals surface area contributed by atoms with Crippen LogP contribution in [-0.2, 0) is 25.6 Å². The molecule has 204 valence electrons. The monoisotopic (exact) mass is 509 g/mol. The number of unbranched alkanes of at least 4 members (excludes halogenated alkanes) is 1. The van der Waals surface area contributed by atoms with Crippen molar-refractivity contribution in [3.63, 3.8) is 0 Å². The molecule has 0 aromatic carbocycles. The highest BCUT2D eigenvalue weighted by Gasteiger charge is 2.31. The van der Waals surface area contributed by atoms with Crippen LogP contribution in [0.1, 0.15) is 65.5 Å². The zero-order valence-electron chi connectivity index (χ0n) is 21.8. The fourth-order valence-electron chi connectivity index (χ4n) is 3.60. The van der Waals surface area contributed by atoms with Crippen LogP contribution in [0.15, 0.2) is 12.5 Å². The Hall–Kier alpha value is -2.99. The van der Waals surface area contributed by atoms with Crippen LogP contribution >= 0.6 is 0 Å². The van der Waals surface area contributed by atoms with Crippen LogP contribution in [0.25, 0.3) is 0 Å². The summed E-state index contributed by atoms with van der Waals surface area (Å²) in [6.07, 6.45) is 5.42. The van der Waals surface area contributed by atoms with Gasteiger partial charge in [0.25, 0.3) is 0 Å². The standard InChI is InChI=1S/C24H43N7O5/c1-5-15(4)20(26)23(34)31-18(10-14(2)3)21(32)30-19(11-16-12-27-13-28-16)22(33)29-17(24(35)36)8-6-7-9-25/h12-15,17-20H,5-11,25-26H2,1-4H3,(H,27,28)(H,29,33)(H,30,32)(H,31,34)(H,35,36). The molecule has 0 bridgehead atoms.